The van der Waals surface area contributed by atoms with Crippen LogP contribution in [0.5, 0.6) is 0 Å². The Hall–Kier alpha value is -1.84. The van der Waals surface area contributed by atoms with Gasteiger partial charge in [-0.2, -0.15) is 5.26 Å². The van der Waals surface area contributed by atoms with Gasteiger partial charge in [-0.3, -0.25) is 4.98 Å². The van der Waals surface area contributed by atoms with Crippen LogP contribution < -0.4 is 0 Å². The largest absolute Gasteiger partial charge is 0.300 e. The standard InChI is InChI=1S/C16H17N3/c1-3-12-6-13(10-18-9-12)16(11-17)7-14-4-5-15(8-16)19(14)2/h1,6,9-10,14-15H,4-5,7-8H2,2H3. The molecule has 3 nitrogen and oxygen atoms in total. The van der Waals surface area contributed by atoms with Crippen molar-refractivity contribution in [3.05, 3.63) is 29.6 Å². The lowest BCUT2D eigenvalue weighted by Gasteiger charge is -2.41. The fraction of sp³-hybridized carbons (Fsp3) is 0.500. The minimum atomic E-state index is -0.405. The molecule has 1 aromatic rings. The quantitative estimate of drug-likeness (QED) is 0.717. The Bertz CT molecular complexity index is 564. The van der Waals surface area contributed by atoms with Crippen LogP contribution in [0.25, 0.3) is 0 Å². The highest BCUT2D eigenvalue weighted by Crippen LogP contribution is 2.46. The molecular formula is C16H17N3. The van der Waals surface area contributed by atoms with Gasteiger partial charge in [0.15, 0.2) is 0 Å². The molecule has 1 aromatic heterocycles. The second-order valence-electron chi connectivity index (χ2n) is 5.76. The van der Waals surface area contributed by atoms with Gasteiger partial charge in [0.1, 0.15) is 0 Å². The Balaban J connectivity index is 2.01. The normalized spacial score (nSPS) is 33.6. The van der Waals surface area contributed by atoms with Crippen LogP contribution in [0.15, 0.2) is 18.5 Å². The monoisotopic (exact) mass is 251 g/mol. The molecule has 0 radical (unpaired) electrons. The molecule has 96 valence electrons. The summed E-state index contributed by atoms with van der Waals surface area (Å²) in [6, 6.07) is 5.57. The van der Waals surface area contributed by atoms with Crippen LogP contribution in [-0.4, -0.2) is 29.0 Å². The number of nitriles is 1. The number of aromatic nitrogens is 1. The highest BCUT2D eigenvalue weighted by molar-refractivity contribution is 5.40. The van der Waals surface area contributed by atoms with Crippen LogP contribution in [0.3, 0.4) is 0 Å². The molecule has 2 aliphatic rings. The molecule has 3 heterocycles. The second-order valence-corrected chi connectivity index (χ2v) is 5.76. The number of fused-ring (bicyclic) bond motifs is 2. The zero-order valence-corrected chi connectivity index (χ0v) is 11.1. The van der Waals surface area contributed by atoms with Gasteiger partial charge in [-0.05, 0) is 44.4 Å². The molecule has 19 heavy (non-hydrogen) atoms. The van der Waals surface area contributed by atoms with Crippen LogP contribution in [-0.2, 0) is 5.41 Å². The van der Waals surface area contributed by atoms with Gasteiger partial charge in [0, 0.05) is 30.0 Å². The Kier molecular flexibility index (Phi) is 2.81. The van der Waals surface area contributed by atoms with Crippen molar-refractivity contribution in [3.8, 4) is 18.4 Å². The van der Waals surface area contributed by atoms with Crippen molar-refractivity contribution in [2.75, 3.05) is 7.05 Å². The summed E-state index contributed by atoms with van der Waals surface area (Å²) in [5, 5.41) is 9.76. The lowest BCUT2D eigenvalue weighted by Crippen LogP contribution is -2.47. The van der Waals surface area contributed by atoms with E-state index in [-0.39, 0.29) is 0 Å². The van der Waals surface area contributed by atoms with Crippen molar-refractivity contribution in [1.29, 1.82) is 5.26 Å². The summed E-state index contributed by atoms with van der Waals surface area (Å²) in [7, 11) is 2.18. The lowest BCUT2D eigenvalue weighted by molar-refractivity contribution is 0.135. The molecule has 2 unspecified atom stereocenters. The van der Waals surface area contributed by atoms with Crippen molar-refractivity contribution >= 4 is 0 Å². The van der Waals surface area contributed by atoms with E-state index >= 15 is 0 Å². The van der Waals surface area contributed by atoms with E-state index in [1.165, 1.54) is 12.8 Å². The molecule has 2 fully saturated rings. The minimum absolute atomic E-state index is 0.405. The van der Waals surface area contributed by atoms with E-state index in [0.717, 1.165) is 24.0 Å². The van der Waals surface area contributed by atoms with E-state index in [2.05, 4.69) is 28.9 Å². The summed E-state index contributed by atoms with van der Waals surface area (Å²) in [4.78, 5) is 6.64. The maximum Gasteiger partial charge on any atom is 0.0867 e. The minimum Gasteiger partial charge on any atom is -0.300 e. The SMILES string of the molecule is C#Cc1cncc(C2(C#N)CC3CCC(C2)N3C)c1. The molecule has 2 bridgehead atoms. The van der Waals surface area contributed by atoms with Gasteiger partial charge >= 0.3 is 0 Å². The summed E-state index contributed by atoms with van der Waals surface area (Å²) in [5.41, 5.74) is 1.35. The van der Waals surface area contributed by atoms with Gasteiger partial charge in [-0.1, -0.05) is 5.92 Å². The number of piperidine rings is 1. The highest BCUT2D eigenvalue weighted by atomic mass is 15.2. The van der Waals surface area contributed by atoms with E-state index in [4.69, 9.17) is 6.42 Å². The van der Waals surface area contributed by atoms with Crippen LogP contribution in [0.2, 0.25) is 0 Å². The molecule has 0 amide bonds. The molecule has 3 heteroatoms. The number of hydrogen-bond acceptors (Lipinski definition) is 3. The molecule has 3 rings (SSSR count). The average molecular weight is 251 g/mol. The zero-order valence-electron chi connectivity index (χ0n) is 11.1. The van der Waals surface area contributed by atoms with Crippen LogP contribution in [0.1, 0.15) is 36.8 Å². The Labute approximate surface area is 114 Å². The van der Waals surface area contributed by atoms with Gasteiger partial charge in [-0.15, -0.1) is 6.42 Å². The van der Waals surface area contributed by atoms with E-state index in [0.29, 0.717) is 12.1 Å². The Morgan fingerprint density at radius 1 is 1.37 bits per heavy atom. The first-order valence-electron chi connectivity index (χ1n) is 6.74. The summed E-state index contributed by atoms with van der Waals surface area (Å²) in [5.74, 6) is 2.61. The predicted molar refractivity (Wildman–Crippen MR) is 73.3 cm³/mol. The molecule has 0 saturated carbocycles. The second kappa shape index (κ2) is 4.37. The third kappa shape index (κ3) is 1.82. The Morgan fingerprint density at radius 2 is 2.05 bits per heavy atom. The van der Waals surface area contributed by atoms with Crippen molar-refractivity contribution in [3.63, 3.8) is 0 Å². The number of pyridine rings is 1. The fourth-order valence-corrected chi connectivity index (χ4v) is 3.64. The van der Waals surface area contributed by atoms with Gasteiger partial charge in [0.2, 0.25) is 0 Å². The molecule has 0 aromatic carbocycles. The predicted octanol–water partition coefficient (Wildman–Crippen LogP) is 2.08. The molecular weight excluding hydrogens is 234 g/mol. The highest BCUT2D eigenvalue weighted by Gasteiger charge is 2.48. The van der Waals surface area contributed by atoms with E-state index in [1.54, 1.807) is 6.20 Å². The number of hydrogen-bond donors (Lipinski definition) is 0. The molecule has 2 saturated heterocycles. The van der Waals surface area contributed by atoms with E-state index < -0.39 is 5.41 Å². The maximum atomic E-state index is 9.76. The van der Waals surface area contributed by atoms with Gasteiger partial charge in [0.05, 0.1) is 11.5 Å². The Morgan fingerprint density at radius 3 is 2.63 bits per heavy atom. The molecule has 2 aliphatic heterocycles. The molecule has 0 N–H and O–H groups in total. The number of rotatable bonds is 1. The average Bonchev–Trinajstić information content (AvgIpc) is 2.69. The van der Waals surface area contributed by atoms with Crippen molar-refractivity contribution in [1.82, 2.24) is 9.88 Å². The third-order valence-corrected chi connectivity index (χ3v) is 4.82. The molecule has 2 atom stereocenters. The number of nitrogens with zero attached hydrogens (tertiary/aromatic N) is 3. The first-order valence-corrected chi connectivity index (χ1v) is 6.74. The smallest absolute Gasteiger partial charge is 0.0867 e. The van der Waals surface area contributed by atoms with Crippen molar-refractivity contribution in [2.24, 2.45) is 0 Å². The van der Waals surface area contributed by atoms with Crippen LogP contribution in [0.4, 0.5) is 0 Å². The fourth-order valence-electron chi connectivity index (χ4n) is 3.64. The van der Waals surface area contributed by atoms with Gasteiger partial charge in [-0.25, -0.2) is 0 Å². The van der Waals surface area contributed by atoms with Gasteiger partial charge in [0.25, 0.3) is 0 Å². The van der Waals surface area contributed by atoms with Crippen molar-refractivity contribution < 1.29 is 0 Å². The van der Waals surface area contributed by atoms with E-state index in [9.17, 15) is 5.26 Å². The number of terminal acetylenes is 1. The maximum absolute atomic E-state index is 9.76. The summed E-state index contributed by atoms with van der Waals surface area (Å²) in [6.45, 7) is 0. The molecule has 0 spiro atoms. The molecule has 0 aliphatic carbocycles. The summed E-state index contributed by atoms with van der Waals surface area (Å²) < 4.78 is 0. The topological polar surface area (TPSA) is 39.9 Å². The lowest BCUT2D eigenvalue weighted by atomic mass is 9.71. The van der Waals surface area contributed by atoms with Crippen LogP contribution >= 0.6 is 0 Å². The van der Waals surface area contributed by atoms with Crippen LogP contribution in [0, 0.1) is 23.7 Å². The van der Waals surface area contributed by atoms with Gasteiger partial charge < -0.3 is 4.90 Å². The summed E-state index contributed by atoms with van der Waals surface area (Å²) in [6.07, 6.45) is 13.1. The third-order valence-electron chi connectivity index (χ3n) is 4.82. The summed E-state index contributed by atoms with van der Waals surface area (Å²) >= 11 is 0. The zero-order chi connectivity index (χ0) is 13.5. The first-order chi connectivity index (χ1) is 9.18. The first kappa shape index (κ1) is 12.2. The van der Waals surface area contributed by atoms with E-state index in [1.807, 2.05) is 12.3 Å². The van der Waals surface area contributed by atoms with Crippen molar-refractivity contribution in [2.45, 2.75) is 43.2 Å².